The van der Waals surface area contributed by atoms with Crippen molar-refractivity contribution in [2.45, 2.75) is 24.7 Å². The Morgan fingerprint density at radius 3 is 3.00 bits per heavy atom. The van der Waals surface area contributed by atoms with Crippen molar-refractivity contribution in [3.05, 3.63) is 18.1 Å². The maximum atomic E-state index is 10.2. The zero-order valence-electron chi connectivity index (χ0n) is 7.45. The summed E-state index contributed by atoms with van der Waals surface area (Å²) < 4.78 is 5.11. The Morgan fingerprint density at radius 1 is 1.69 bits per heavy atom. The number of hydrogen-bond acceptors (Lipinski definition) is 3. The zero-order chi connectivity index (χ0) is 9.68. The minimum absolute atomic E-state index is 0.240. The third-order valence-corrected chi connectivity index (χ3v) is 2.83. The van der Waals surface area contributed by atoms with E-state index in [1.54, 1.807) is 18.0 Å². The van der Waals surface area contributed by atoms with Crippen molar-refractivity contribution in [3.63, 3.8) is 0 Å². The summed E-state index contributed by atoms with van der Waals surface area (Å²) in [6.45, 7) is 1.90. The van der Waals surface area contributed by atoms with Gasteiger partial charge in [-0.15, -0.1) is 11.8 Å². The van der Waals surface area contributed by atoms with E-state index in [2.05, 4.69) is 0 Å². The standard InChI is InChI=1S/C9H12O3S/c1-7-8(4-5-12-7)13-6-2-3-9(10)11/h4-5H,2-3,6H2,1H3,(H,10,11). The van der Waals surface area contributed by atoms with Crippen molar-refractivity contribution in [1.82, 2.24) is 0 Å². The predicted molar refractivity (Wildman–Crippen MR) is 51.0 cm³/mol. The quantitative estimate of drug-likeness (QED) is 0.586. The average molecular weight is 200 g/mol. The van der Waals surface area contributed by atoms with Crippen LogP contribution in [0.15, 0.2) is 21.6 Å². The summed E-state index contributed by atoms with van der Waals surface area (Å²) >= 11 is 1.64. The Morgan fingerprint density at radius 2 is 2.46 bits per heavy atom. The van der Waals surface area contributed by atoms with E-state index in [1.165, 1.54) is 0 Å². The number of aryl methyl sites for hydroxylation is 1. The fraction of sp³-hybridized carbons (Fsp3) is 0.444. The van der Waals surface area contributed by atoms with E-state index in [0.29, 0.717) is 6.42 Å². The molecule has 1 aromatic heterocycles. The largest absolute Gasteiger partial charge is 0.481 e. The van der Waals surface area contributed by atoms with Crippen molar-refractivity contribution in [1.29, 1.82) is 0 Å². The molecule has 0 saturated carbocycles. The molecule has 72 valence electrons. The molecule has 0 aliphatic carbocycles. The lowest BCUT2D eigenvalue weighted by Gasteiger charge is -1.97. The van der Waals surface area contributed by atoms with Crippen LogP contribution in [-0.2, 0) is 4.79 Å². The first-order valence-electron chi connectivity index (χ1n) is 4.09. The van der Waals surface area contributed by atoms with Crippen LogP contribution in [0.4, 0.5) is 0 Å². The predicted octanol–water partition coefficient (Wildman–Crippen LogP) is 2.54. The Balaban J connectivity index is 2.20. The summed E-state index contributed by atoms with van der Waals surface area (Å²) in [5.41, 5.74) is 0. The van der Waals surface area contributed by atoms with Gasteiger partial charge in [-0.2, -0.15) is 0 Å². The van der Waals surface area contributed by atoms with E-state index in [4.69, 9.17) is 9.52 Å². The summed E-state index contributed by atoms with van der Waals surface area (Å²) in [6, 6.07) is 1.90. The van der Waals surface area contributed by atoms with Crippen LogP contribution in [0.1, 0.15) is 18.6 Å². The van der Waals surface area contributed by atoms with Gasteiger partial charge in [-0.25, -0.2) is 0 Å². The third kappa shape index (κ3) is 3.55. The molecule has 0 aromatic carbocycles. The van der Waals surface area contributed by atoms with Gasteiger partial charge in [-0.05, 0) is 25.2 Å². The van der Waals surface area contributed by atoms with Crippen LogP contribution in [0.2, 0.25) is 0 Å². The molecule has 1 aromatic rings. The monoisotopic (exact) mass is 200 g/mol. The lowest BCUT2D eigenvalue weighted by molar-refractivity contribution is -0.137. The number of aliphatic carboxylic acids is 1. The van der Waals surface area contributed by atoms with Crippen molar-refractivity contribution < 1.29 is 14.3 Å². The second kappa shape index (κ2) is 4.97. The van der Waals surface area contributed by atoms with Gasteiger partial charge < -0.3 is 9.52 Å². The molecule has 0 aliphatic heterocycles. The summed E-state index contributed by atoms with van der Waals surface area (Å²) in [5, 5.41) is 8.40. The molecule has 4 heteroatoms. The maximum Gasteiger partial charge on any atom is 0.303 e. The first kappa shape index (κ1) is 10.2. The molecular formula is C9H12O3S. The molecule has 1 rings (SSSR count). The molecule has 0 radical (unpaired) electrons. The molecule has 0 spiro atoms. The number of furan rings is 1. The summed E-state index contributed by atoms with van der Waals surface area (Å²) in [4.78, 5) is 11.3. The second-order valence-corrected chi connectivity index (χ2v) is 3.82. The van der Waals surface area contributed by atoms with Crippen LogP contribution in [-0.4, -0.2) is 16.8 Å². The highest BCUT2D eigenvalue weighted by Crippen LogP contribution is 2.23. The van der Waals surface area contributed by atoms with E-state index in [9.17, 15) is 4.79 Å². The maximum absolute atomic E-state index is 10.2. The fourth-order valence-corrected chi connectivity index (χ4v) is 1.84. The van der Waals surface area contributed by atoms with Gasteiger partial charge in [-0.1, -0.05) is 0 Å². The normalized spacial score (nSPS) is 10.2. The van der Waals surface area contributed by atoms with Gasteiger partial charge in [0.05, 0.1) is 6.26 Å². The molecule has 0 unspecified atom stereocenters. The van der Waals surface area contributed by atoms with Gasteiger partial charge >= 0.3 is 5.97 Å². The summed E-state index contributed by atoms with van der Waals surface area (Å²) in [5.74, 6) is 0.997. The molecule has 1 N–H and O–H groups in total. The first-order valence-corrected chi connectivity index (χ1v) is 5.07. The molecule has 0 atom stereocenters. The number of carbonyl (C=O) groups is 1. The van der Waals surface area contributed by atoms with Crippen LogP contribution in [0.3, 0.4) is 0 Å². The topological polar surface area (TPSA) is 50.4 Å². The Labute approximate surface area is 81.1 Å². The second-order valence-electron chi connectivity index (χ2n) is 2.69. The number of rotatable bonds is 5. The van der Waals surface area contributed by atoms with Gasteiger partial charge in [0.25, 0.3) is 0 Å². The number of thioether (sulfide) groups is 1. The molecule has 0 aliphatic rings. The minimum Gasteiger partial charge on any atom is -0.481 e. The molecule has 0 bridgehead atoms. The molecule has 0 saturated heterocycles. The molecule has 13 heavy (non-hydrogen) atoms. The number of carboxylic acids is 1. The van der Waals surface area contributed by atoms with E-state index < -0.39 is 5.97 Å². The minimum atomic E-state index is -0.732. The van der Waals surface area contributed by atoms with Gasteiger partial charge in [0.2, 0.25) is 0 Å². The molecule has 3 nitrogen and oxygen atoms in total. The Kier molecular flexibility index (Phi) is 3.89. The van der Waals surface area contributed by atoms with E-state index in [-0.39, 0.29) is 6.42 Å². The number of carboxylic acid groups (broad SMARTS) is 1. The Hall–Kier alpha value is -0.900. The molecular weight excluding hydrogens is 188 g/mol. The zero-order valence-corrected chi connectivity index (χ0v) is 8.26. The number of hydrogen-bond donors (Lipinski definition) is 1. The van der Waals surface area contributed by atoms with Crippen LogP contribution in [0.25, 0.3) is 0 Å². The van der Waals surface area contributed by atoms with Gasteiger partial charge in [0.15, 0.2) is 0 Å². The Bertz CT molecular complexity index is 280. The van der Waals surface area contributed by atoms with Crippen LogP contribution in [0, 0.1) is 6.92 Å². The average Bonchev–Trinajstić information content (AvgIpc) is 2.45. The van der Waals surface area contributed by atoms with Crippen molar-refractivity contribution in [2.24, 2.45) is 0 Å². The smallest absolute Gasteiger partial charge is 0.303 e. The van der Waals surface area contributed by atoms with Crippen molar-refractivity contribution >= 4 is 17.7 Å². The molecule has 0 amide bonds. The fourth-order valence-electron chi connectivity index (χ4n) is 0.929. The summed E-state index contributed by atoms with van der Waals surface area (Å²) in [6.07, 6.45) is 2.59. The molecule has 1 heterocycles. The first-order chi connectivity index (χ1) is 6.20. The highest BCUT2D eigenvalue weighted by molar-refractivity contribution is 7.99. The van der Waals surface area contributed by atoms with Crippen LogP contribution >= 0.6 is 11.8 Å². The van der Waals surface area contributed by atoms with Crippen molar-refractivity contribution in [3.8, 4) is 0 Å². The van der Waals surface area contributed by atoms with E-state index in [0.717, 1.165) is 16.4 Å². The lowest BCUT2D eigenvalue weighted by Crippen LogP contribution is -1.94. The van der Waals surface area contributed by atoms with Crippen molar-refractivity contribution in [2.75, 3.05) is 5.75 Å². The summed E-state index contributed by atoms with van der Waals surface area (Å²) in [7, 11) is 0. The van der Waals surface area contributed by atoms with Crippen LogP contribution in [0.5, 0.6) is 0 Å². The third-order valence-electron chi connectivity index (χ3n) is 1.60. The van der Waals surface area contributed by atoms with Gasteiger partial charge in [-0.3, -0.25) is 4.79 Å². The SMILES string of the molecule is Cc1occc1SCCCC(=O)O. The highest BCUT2D eigenvalue weighted by Gasteiger charge is 2.02. The van der Waals surface area contributed by atoms with E-state index >= 15 is 0 Å². The van der Waals surface area contributed by atoms with Gasteiger partial charge in [0, 0.05) is 11.3 Å². The van der Waals surface area contributed by atoms with Crippen LogP contribution < -0.4 is 0 Å². The lowest BCUT2D eigenvalue weighted by atomic mass is 10.3. The molecule has 0 fully saturated rings. The van der Waals surface area contributed by atoms with Gasteiger partial charge in [0.1, 0.15) is 5.76 Å². The van der Waals surface area contributed by atoms with E-state index in [1.807, 2.05) is 13.0 Å². The highest BCUT2D eigenvalue weighted by atomic mass is 32.2.